The molecule has 0 radical (unpaired) electrons. The van der Waals surface area contributed by atoms with Crippen molar-refractivity contribution in [2.24, 2.45) is 0 Å². The van der Waals surface area contributed by atoms with Crippen molar-refractivity contribution in [2.75, 3.05) is 10.6 Å². The first-order valence-electron chi connectivity index (χ1n) is 10.0. The molecule has 0 unspecified atom stereocenters. The van der Waals surface area contributed by atoms with Crippen molar-refractivity contribution >= 4 is 34.0 Å². The average Bonchev–Trinajstić information content (AvgIpc) is 3.42. The Morgan fingerprint density at radius 2 is 1.79 bits per heavy atom. The molecule has 4 aromatic rings. The number of benzene rings is 2. The van der Waals surface area contributed by atoms with Gasteiger partial charge in [-0.15, -0.1) is 11.3 Å². The molecule has 0 aliphatic heterocycles. The van der Waals surface area contributed by atoms with Crippen LogP contribution in [-0.2, 0) is 16.0 Å². The van der Waals surface area contributed by atoms with Crippen molar-refractivity contribution in [2.45, 2.75) is 19.8 Å². The maximum atomic E-state index is 14.4. The summed E-state index contributed by atoms with van der Waals surface area (Å²) < 4.78 is 46.8. The summed E-state index contributed by atoms with van der Waals surface area (Å²) in [4.78, 5) is 31.6. The first-order chi connectivity index (χ1) is 16.3. The van der Waals surface area contributed by atoms with Crippen LogP contribution in [0, 0.1) is 17.5 Å². The zero-order valence-corrected chi connectivity index (χ0v) is 18.5. The predicted molar refractivity (Wildman–Crippen MR) is 121 cm³/mol. The molecule has 2 N–H and O–H groups in total. The van der Waals surface area contributed by atoms with Crippen LogP contribution in [-0.4, -0.2) is 21.8 Å². The molecule has 4 rings (SSSR count). The molecule has 2 amide bonds. The fourth-order valence-electron chi connectivity index (χ4n) is 3.10. The molecule has 0 aliphatic carbocycles. The Bertz CT molecular complexity index is 1370. The quantitative estimate of drug-likeness (QED) is 0.364. The molecule has 0 saturated carbocycles. The number of rotatable bonds is 7. The molecule has 0 fully saturated rings. The second-order valence-electron chi connectivity index (χ2n) is 7.20. The Morgan fingerprint density at radius 3 is 2.53 bits per heavy atom. The van der Waals surface area contributed by atoms with Crippen LogP contribution in [0.25, 0.3) is 22.6 Å². The monoisotopic (exact) mass is 486 g/mol. The minimum absolute atomic E-state index is 0.0144. The number of aryl methyl sites for hydroxylation is 1. The van der Waals surface area contributed by atoms with E-state index in [1.165, 1.54) is 31.3 Å². The summed E-state index contributed by atoms with van der Waals surface area (Å²) in [6.45, 7) is 1.33. The molecule has 0 aliphatic rings. The summed E-state index contributed by atoms with van der Waals surface area (Å²) in [6, 6.07) is 7.34. The van der Waals surface area contributed by atoms with E-state index in [-0.39, 0.29) is 52.6 Å². The van der Waals surface area contributed by atoms with E-state index in [0.717, 1.165) is 23.5 Å². The molecule has 7 nitrogen and oxygen atoms in total. The van der Waals surface area contributed by atoms with E-state index in [4.69, 9.17) is 4.42 Å². The van der Waals surface area contributed by atoms with E-state index in [9.17, 15) is 22.8 Å². The Kier molecular flexibility index (Phi) is 6.73. The third kappa shape index (κ3) is 5.49. The van der Waals surface area contributed by atoms with Crippen molar-refractivity contribution < 1.29 is 27.2 Å². The van der Waals surface area contributed by atoms with E-state index in [2.05, 4.69) is 20.6 Å². The Hall–Kier alpha value is -3.99. The lowest BCUT2D eigenvalue weighted by Gasteiger charge is -2.05. The Labute approximate surface area is 195 Å². The topological polar surface area (TPSA) is 97.1 Å². The van der Waals surface area contributed by atoms with E-state index in [1.807, 2.05) is 0 Å². The van der Waals surface area contributed by atoms with Crippen molar-refractivity contribution in [1.82, 2.24) is 9.97 Å². The van der Waals surface area contributed by atoms with Crippen LogP contribution in [0.4, 0.5) is 24.0 Å². The first-order valence-corrected chi connectivity index (χ1v) is 10.9. The SMILES string of the molecule is CC(=O)Nc1ccc(-c2csc(NC(=O)CCc3ncc(-c4ccc(F)cc4F)o3)n2)c(F)c1. The van der Waals surface area contributed by atoms with Crippen LogP contribution < -0.4 is 10.6 Å². The van der Waals surface area contributed by atoms with Gasteiger partial charge in [0.1, 0.15) is 17.5 Å². The van der Waals surface area contributed by atoms with Crippen LogP contribution in [0.3, 0.4) is 0 Å². The standard InChI is InChI=1S/C23H17F3N4O3S/c1-12(31)28-14-3-5-15(18(26)9-14)19-11-34-23(29-19)30-21(32)6-7-22-27-10-20(33-22)16-4-2-13(24)8-17(16)25/h2-5,8-11H,6-7H2,1H3,(H,28,31)(H,29,30,32). The Balaban J connectivity index is 1.35. The van der Waals surface area contributed by atoms with Gasteiger partial charge in [0.2, 0.25) is 11.8 Å². The second-order valence-corrected chi connectivity index (χ2v) is 8.06. The van der Waals surface area contributed by atoms with Gasteiger partial charge in [0.25, 0.3) is 0 Å². The summed E-state index contributed by atoms with van der Waals surface area (Å²) in [5.41, 5.74) is 0.962. The number of amides is 2. The highest BCUT2D eigenvalue weighted by molar-refractivity contribution is 7.14. The zero-order valence-electron chi connectivity index (χ0n) is 17.7. The molecule has 2 aromatic carbocycles. The molecule has 2 heterocycles. The second kappa shape index (κ2) is 9.87. The van der Waals surface area contributed by atoms with E-state index in [0.29, 0.717) is 11.4 Å². The van der Waals surface area contributed by atoms with Gasteiger partial charge >= 0.3 is 0 Å². The smallest absolute Gasteiger partial charge is 0.226 e. The number of aromatic nitrogens is 2. The van der Waals surface area contributed by atoms with Crippen molar-refractivity contribution in [3.8, 4) is 22.6 Å². The van der Waals surface area contributed by atoms with Gasteiger partial charge in [-0.2, -0.15) is 0 Å². The predicted octanol–water partition coefficient (Wildman–Crippen LogP) is 5.41. The fourth-order valence-corrected chi connectivity index (χ4v) is 3.83. The zero-order chi connectivity index (χ0) is 24.2. The number of nitrogens with one attached hydrogen (secondary N) is 2. The number of hydrogen-bond donors (Lipinski definition) is 2. The van der Waals surface area contributed by atoms with Gasteiger partial charge < -0.3 is 15.1 Å². The summed E-state index contributed by atoms with van der Waals surface area (Å²) in [5.74, 6) is -2.37. The van der Waals surface area contributed by atoms with E-state index in [1.54, 1.807) is 11.4 Å². The Morgan fingerprint density at radius 1 is 1.03 bits per heavy atom. The molecule has 2 aromatic heterocycles. The maximum absolute atomic E-state index is 14.4. The van der Waals surface area contributed by atoms with Gasteiger partial charge in [-0.25, -0.2) is 23.1 Å². The average molecular weight is 486 g/mol. The normalized spacial score (nSPS) is 10.8. The van der Waals surface area contributed by atoms with Gasteiger partial charge in [-0.05, 0) is 30.3 Å². The van der Waals surface area contributed by atoms with Crippen molar-refractivity contribution in [3.63, 3.8) is 0 Å². The lowest BCUT2D eigenvalue weighted by molar-refractivity contribution is -0.116. The van der Waals surface area contributed by atoms with Crippen LogP contribution in [0.2, 0.25) is 0 Å². The van der Waals surface area contributed by atoms with Crippen LogP contribution in [0.1, 0.15) is 19.2 Å². The minimum atomic E-state index is -0.777. The minimum Gasteiger partial charge on any atom is -0.441 e. The van der Waals surface area contributed by atoms with Gasteiger partial charge in [0.05, 0.1) is 17.5 Å². The molecule has 0 bridgehead atoms. The van der Waals surface area contributed by atoms with Gasteiger partial charge in [0.15, 0.2) is 16.8 Å². The molecular weight excluding hydrogens is 469 g/mol. The molecular formula is C23H17F3N4O3S. The first kappa shape index (κ1) is 23.2. The van der Waals surface area contributed by atoms with Gasteiger partial charge in [-0.1, -0.05) is 0 Å². The molecule has 0 atom stereocenters. The van der Waals surface area contributed by atoms with Gasteiger partial charge in [-0.3, -0.25) is 9.59 Å². The number of thiazole rings is 1. The highest BCUT2D eigenvalue weighted by atomic mass is 32.1. The molecule has 0 spiro atoms. The van der Waals surface area contributed by atoms with Crippen molar-refractivity contribution in [3.05, 3.63) is 71.3 Å². The van der Waals surface area contributed by atoms with Crippen LogP contribution in [0.5, 0.6) is 0 Å². The number of hydrogen-bond acceptors (Lipinski definition) is 6. The molecule has 0 saturated heterocycles. The molecule has 11 heteroatoms. The third-order valence-corrected chi connectivity index (χ3v) is 5.39. The van der Waals surface area contributed by atoms with Crippen LogP contribution in [0.15, 0.2) is 52.4 Å². The number of oxazole rings is 1. The highest BCUT2D eigenvalue weighted by Gasteiger charge is 2.15. The maximum Gasteiger partial charge on any atom is 0.226 e. The fraction of sp³-hybridized carbons (Fsp3) is 0.130. The third-order valence-electron chi connectivity index (χ3n) is 4.63. The van der Waals surface area contributed by atoms with Gasteiger partial charge in [0, 0.05) is 42.5 Å². The largest absolute Gasteiger partial charge is 0.441 e. The van der Waals surface area contributed by atoms with Crippen molar-refractivity contribution in [1.29, 1.82) is 0 Å². The number of carbonyl (C=O) groups is 2. The van der Waals surface area contributed by atoms with E-state index >= 15 is 0 Å². The summed E-state index contributed by atoms with van der Waals surface area (Å²) in [5, 5.41) is 7.01. The molecule has 174 valence electrons. The number of anilines is 2. The molecule has 34 heavy (non-hydrogen) atoms. The lowest BCUT2D eigenvalue weighted by atomic mass is 10.1. The number of nitrogens with zero attached hydrogens (tertiary/aromatic N) is 2. The number of carbonyl (C=O) groups excluding carboxylic acids is 2. The summed E-state index contributed by atoms with van der Waals surface area (Å²) in [7, 11) is 0. The highest BCUT2D eigenvalue weighted by Crippen LogP contribution is 2.29. The van der Waals surface area contributed by atoms with E-state index < -0.39 is 17.5 Å². The van der Waals surface area contributed by atoms with Crippen LogP contribution >= 0.6 is 11.3 Å². The number of halogens is 3. The summed E-state index contributed by atoms with van der Waals surface area (Å²) >= 11 is 1.13. The summed E-state index contributed by atoms with van der Waals surface area (Å²) in [6.07, 6.45) is 1.47. The lowest BCUT2D eigenvalue weighted by Crippen LogP contribution is -2.12.